The predicted molar refractivity (Wildman–Crippen MR) is 96.6 cm³/mol. The Morgan fingerprint density at radius 2 is 1.96 bits per heavy atom. The van der Waals surface area contributed by atoms with Crippen molar-refractivity contribution in [1.29, 1.82) is 0 Å². The molecule has 27 heavy (non-hydrogen) atoms. The van der Waals surface area contributed by atoms with Crippen LogP contribution in [-0.4, -0.2) is 26.5 Å². The van der Waals surface area contributed by atoms with E-state index in [0.717, 1.165) is 22.2 Å². The number of nitrogen functional groups attached to an aromatic ring is 1. The van der Waals surface area contributed by atoms with Crippen molar-refractivity contribution in [3.8, 4) is 0 Å². The minimum Gasteiger partial charge on any atom is -0.344 e. The minimum atomic E-state index is -4.71. The first-order chi connectivity index (χ1) is 12.9. The van der Waals surface area contributed by atoms with E-state index in [-0.39, 0.29) is 22.9 Å². The molecule has 142 valence electrons. The van der Waals surface area contributed by atoms with Crippen LogP contribution in [0.3, 0.4) is 0 Å². The molecule has 3 aromatic rings. The summed E-state index contributed by atoms with van der Waals surface area (Å²) in [5.41, 5.74) is 0.902. The number of hydrogen-bond donors (Lipinski definition) is 2. The number of nitrogens with zero attached hydrogens (tertiary/aromatic N) is 3. The van der Waals surface area contributed by atoms with Gasteiger partial charge in [0.25, 0.3) is 5.82 Å². The lowest BCUT2D eigenvalue weighted by atomic mass is 10.1. The number of alkyl halides is 3. The zero-order valence-corrected chi connectivity index (χ0v) is 15.3. The zero-order chi connectivity index (χ0) is 19.4. The fourth-order valence-corrected chi connectivity index (χ4v) is 3.79. The number of carbonyl (C=O) groups is 1. The van der Waals surface area contributed by atoms with E-state index in [1.807, 2.05) is 47.8 Å². The van der Waals surface area contributed by atoms with Crippen molar-refractivity contribution in [2.24, 2.45) is 0 Å². The van der Waals surface area contributed by atoms with Crippen LogP contribution in [0.4, 0.5) is 13.2 Å². The molecule has 6 nitrogen and oxygen atoms in total. The van der Waals surface area contributed by atoms with Crippen LogP contribution in [0.5, 0.6) is 0 Å². The summed E-state index contributed by atoms with van der Waals surface area (Å²) in [4.78, 5) is 13.3. The molecule has 0 aliphatic carbocycles. The number of aromatic nitrogens is 3. The summed E-state index contributed by atoms with van der Waals surface area (Å²) in [6.07, 6.45) is -4.71. The maximum Gasteiger partial charge on any atom is 0.453 e. The van der Waals surface area contributed by atoms with Crippen LogP contribution >= 0.6 is 23.1 Å². The number of nitrogens with two attached hydrogens (primary N) is 1. The Kier molecular flexibility index (Phi) is 5.71. The summed E-state index contributed by atoms with van der Waals surface area (Å²) in [6.45, 7) is 0. The molecule has 0 aliphatic rings. The second kappa shape index (κ2) is 8.01. The lowest BCUT2D eigenvalue weighted by Gasteiger charge is -2.18. The zero-order valence-electron chi connectivity index (χ0n) is 13.7. The summed E-state index contributed by atoms with van der Waals surface area (Å²) < 4.78 is 38.4. The summed E-state index contributed by atoms with van der Waals surface area (Å²) >= 11 is 2.28. The number of benzene rings is 1. The van der Waals surface area contributed by atoms with Crippen molar-refractivity contribution in [1.82, 2.24) is 20.2 Å². The highest BCUT2D eigenvalue weighted by atomic mass is 32.2. The third kappa shape index (κ3) is 4.61. The van der Waals surface area contributed by atoms with Crippen molar-refractivity contribution in [2.75, 3.05) is 11.6 Å². The van der Waals surface area contributed by atoms with Gasteiger partial charge in [0.05, 0.1) is 11.8 Å². The molecule has 0 bridgehead atoms. The molecule has 1 amide bonds. The van der Waals surface area contributed by atoms with Gasteiger partial charge in [0.2, 0.25) is 11.1 Å². The van der Waals surface area contributed by atoms with Gasteiger partial charge < -0.3 is 11.2 Å². The number of halogens is 3. The Morgan fingerprint density at radius 1 is 1.22 bits per heavy atom. The standard InChI is InChI=1S/C16H14F3N5OS2/c17-16(18,19)14-22-23-15(24(14)20)27-9-12(25)21-13(11-7-4-8-26-11)10-5-2-1-3-6-10/h1-8,13H,9,20H2,(H,21,25)/t13-/m0/s1. The highest BCUT2D eigenvalue weighted by Gasteiger charge is 2.38. The third-order valence-corrected chi connectivity index (χ3v) is 5.40. The van der Waals surface area contributed by atoms with Crippen LogP contribution < -0.4 is 11.2 Å². The molecule has 0 radical (unpaired) electrons. The van der Waals surface area contributed by atoms with Gasteiger partial charge in [0.15, 0.2) is 0 Å². The van der Waals surface area contributed by atoms with Gasteiger partial charge in [-0.25, -0.2) is 4.68 Å². The Morgan fingerprint density at radius 3 is 2.56 bits per heavy atom. The van der Waals surface area contributed by atoms with E-state index < -0.39 is 12.0 Å². The summed E-state index contributed by atoms with van der Waals surface area (Å²) in [5, 5.41) is 11.0. The molecular formula is C16H14F3N5OS2. The van der Waals surface area contributed by atoms with Gasteiger partial charge in [-0.3, -0.25) is 4.79 Å². The number of hydrogen-bond acceptors (Lipinski definition) is 6. The minimum absolute atomic E-state index is 0.151. The van der Waals surface area contributed by atoms with E-state index in [1.54, 1.807) is 0 Å². The van der Waals surface area contributed by atoms with Crippen LogP contribution in [0.25, 0.3) is 0 Å². The van der Waals surface area contributed by atoms with E-state index >= 15 is 0 Å². The van der Waals surface area contributed by atoms with E-state index in [9.17, 15) is 18.0 Å². The maximum absolute atomic E-state index is 12.7. The van der Waals surface area contributed by atoms with Gasteiger partial charge in [-0.05, 0) is 17.0 Å². The predicted octanol–water partition coefficient (Wildman–Crippen LogP) is 3.07. The number of nitrogens with one attached hydrogen (secondary N) is 1. The van der Waals surface area contributed by atoms with E-state index in [4.69, 9.17) is 5.84 Å². The molecule has 11 heteroatoms. The second-order valence-corrected chi connectivity index (χ2v) is 7.31. The first kappa shape index (κ1) is 19.2. The van der Waals surface area contributed by atoms with E-state index in [1.165, 1.54) is 11.3 Å². The Balaban J connectivity index is 1.68. The van der Waals surface area contributed by atoms with Gasteiger partial charge in [-0.2, -0.15) is 13.2 Å². The first-order valence-electron chi connectivity index (χ1n) is 7.64. The van der Waals surface area contributed by atoms with Crippen molar-refractivity contribution in [2.45, 2.75) is 17.4 Å². The normalized spacial score (nSPS) is 12.7. The molecule has 3 N–H and O–H groups in total. The topological polar surface area (TPSA) is 85.8 Å². The summed E-state index contributed by atoms with van der Waals surface area (Å²) in [6, 6.07) is 12.8. The van der Waals surface area contributed by atoms with E-state index in [0.29, 0.717) is 4.68 Å². The summed E-state index contributed by atoms with van der Waals surface area (Å²) in [7, 11) is 0. The Hall–Kier alpha value is -2.53. The molecular weight excluding hydrogens is 399 g/mol. The van der Waals surface area contributed by atoms with Gasteiger partial charge in [0, 0.05) is 4.88 Å². The number of thiophene rings is 1. The fourth-order valence-electron chi connectivity index (χ4n) is 2.32. The quantitative estimate of drug-likeness (QED) is 0.479. The monoisotopic (exact) mass is 413 g/mol. The van der Waals surface area contributed by atoms with Crippen LogP contribution in [0.15, 0.2) is 53.0 Å². The molecule has 1 atom stereocenters. The SMILES string of the molecule is Nn1c(SCC(=O)N[C@@H](c2ccccc2)c2cccs2)nnc1C(F)(F)F. The fraction of sp³-hybridized carbons (Fsp3) is 0.188. The molecule has 0 aliphatic heterocycles. The molecule has 0 saturated heterocycles. The Labute approximate surface area is 160 Å². The second-order valence-electron chi connectivity index (χ2n) is 5.39. The number of carbonyl (C=O) groups excluding carboxylic acids is 1. The van der Waals surface area contributed by atoms with Crippen LogP contribution in [0.1, 0.15) is 22.3 Å². The van der Waals surface area contributed by atoms with Gasteiger partial charge in [-0.1, -0.05) is 48.2 Å². The number of thioether (sulfide) groups is 1. The van der Waals surface area contributed by atoms with E-state index in [2.05, 4.69) is 15.5 Å². The average molecular weight is 413 g/mol. The number of rotatable bonds is 6. The molecule has 0 spiro atoms. The van der Waals surface area contributed by atoms with Crippen LogP contribution in [0, 0.1) is 0 Å². The van der Waals surface area contributed by atoms with Crippen LogP contribution in [-0.2, 0) is 11.0 Å². The van der Waals surface area contributed by atoms with Crippen LogP contribution in [0.2, 0.25) is 0 Å². The summed E-state index contributed by atoms with van der Waals surface area (Å²) in [5.74, 6) is 3.54. The molecule has 0 saturated carbocycles. The average Bonchev–Trinajstić information content (AvgIpc) is 3.28. The van der Waals surface area contributed by atoms with Crippen molar-refractivity contribution >= 4 is 29.0 Å². The Bertz CT molecular complexity index is 897. The maximum atomic E-state index is 12.7. The first-order valence-corrected chi connectivity index (χ1v) is 9.51. The lowest BCUT2D eigenvalue weighted by Crippen LogP contribution is -2.30. The largest absolute Gasteiger partial charge is 0.453 e. The number of amides is 1. The van der Waals surface area contributed by atoms with Crippen molar-refractivity contribution in [3.63, 3.8) is 0 Å². The molecule has 3 rings (SSSR count). The molecule has 1 aromatic carbocycles. The molecule has 0 unspecified atom stereocenters. The molecule has 2 heterocycles. The van der Waals surface area contributed by atoms with Crippen molar-refractivity contribution in [3.05, 3.63) is 64.1 Å². The highest BCUT2D eigenvalue weighted by molar-refractivity contribution is 7.99. The van der Waals surface area contributed by atoms with Gasteiger partial charge >= 0.3 is 6.18 Å². The van der Waals surface area contributed by atoms with Gasteiger partial charge in [0.1, 0.15) is 0 Å². The molecule has 2 aromatic heterocycles. The molecule has 0 fully saturated rings. The third-order valence-electron chi connectivity index (χ3n) is 3.52. The highest BCUT2D eigenvalue weighted by Crippen LogP contribution is 2.29. The smallest absolute Gasteiger partial charge is 0.344 e. The lowest BCUT2D eigenvalue weighted by molar-refractivity contribution is -0.146. The van der Waals surface area contributed by atoms with Crippen molar-refractivity contribution < 1.29 is 18.0 Å². The van der Waals surface area contributed by atoms with Gasteiger partial charge in [-0.15, -0.1) is 21.5 Å².